The maximum Gasteiger partial charge on any atom is 0.248 e. The summed E-state index contributed by atoms with van der Waals surface area (Å²) in [6.45, 7) is 7.04. The molecule has 1 saturated heterocycles. The minimum Gasteiger partial charge on any atom is -0.360 e. The molecule has 1 fully saturated rings. The number of aromatic nitrogens is 1. The molecule has 4 rings (SSSR count). The van der Waals surface area contributed by atoms with Crippen molar-refractivity contribution in [3.05, 3.63) is 59.5 Å². The quantitative estimate of drug-likeness (QED) is 0.613. The summed E-state index contributed by atoms with van der Waals surface area (Å²) in [5.41, 5.74) is 1.42. The average molecular weight is 457 g/mol. The fourth-order valence-electron chi connectivity index (χ4n) is 4.15. The van der Waals surface area contributed by atoms with Gasteiger partial charge in [0.1, 0.15) is 10.6 Å². The van der Waals surface area contributed by atoms with Gasteiger partial charge in [-0.15, -0.1) is 0 Å². The van der Waals surface area contributed by atoms with Gasteiger partial charge in [0.2, 0.25) is 15.9 Å². The number of hydrogen-bond donors (Lipinski definition) is 1. The Bertz CT molecular complexity index is 1210. The van der Waals surface area contributed by atoms with Crippen molar-refractivity contribution in [3.8, 4) is 0 Å². The molecule has 1 aliphatic rings. The van der Waals surface area contributed by atoms with Crippen LogP contribution in [-0.2, 0) is 14.8 Å². The number of sulfonamides is 1. The normalized spacial score (nSPS) is 16.8. The predicted molar refractivity (Wildman–Crippen MR) is 122 cm³/mol. The van der Waals surface area contributed by atoms with Gasteiger partial charge in [0, 0.05) is 26.2 Å². The van der Waals surface area contributed by atoms with E-state index in [9.17, 15) is 13.2 Å². The van der Waals surface area contributed by atoms with Crippen LogP contribution in [0.15, 0.2) is 51.9 Å². The number of hydrogen-bond acceptors (Lipinski definition) is 6. The van der Waals surface area contributed by atoms with E-state index in [1.807, 2.05) is 30.0 Å². The molecule has 0 radical (unpaired) electrons. The lowest BCUT2D eigenvalue weighted by Crippen LogP contribution is -2.51. The fraction of sp³-hybridized carbons (Fsp3) is 0.391. The number of piperazine rings is 1. The maximum atomic E-state index is 12.9. The van der Waals surface area contributed by atoms with E-state index in [1.54, 1.807) is 13.8 Å². The molecule has 0 saturated carbocycles. The first-order chi connectivity index (χ1) is 15.3. The number of fused-ring (bicyclic) bond motifs is 1. The van der Waals surface area contributed by atoms with Gasteiger partial charge in [-0.25, -0.2) is 8.42 Å². The Balaban J connectivity index is 1.32. The minimum atomic E-state index is -3.66. The highest BCUT2D eigenvalue weighted by Crippen LogP contribution is 2.24. The number of aryl methyl sites for hydroxylation is 2. The summed E-state index contributed by atoms with van der Waals surface area (Å²) in [7, 11) is -3.66. The zero-order valence-corrected chi connectivity index (χ0v) is 19.4. The van der Waals surface area contributed by atoms with Crippen LogP contribution in [0.5, 0.6) is 0 Å². The Kier molecular flexibility index (Phi) is 6.32. The Morgan fingerprint density at radius 2 is 1.78 bits per heavy atom. The molecule has 2 heterocycles. The highest BCUT2D eigenvalue weighted by atomic mass is 32.2. The Morgan fingerprint density at radius 3 is 2.44 bits per heavy atom. The summed E-state index contributed by atoms with van der Waals surface area (Å²) in [6, 6.07) is 14.2. The van der Waals surface area contributed by atoms with Crippen LogP contribution in [0, 0.1) is 13.8 Å². The van der Waals surface area contributed by atoms with Gasteiger partial charge >= 0.3 is 0 Å². The summed E-state index contributed by atoms with van der Waals surface area (Å²) >= 11 is 0. The van der Waals surface area contributed by atoms with Crippen LogP contribution in [0.25, 0.3) is 10.8 Å². The average Bonchev–Trinajstić information content (AvgIpc) is 3.12. The first kappa shape index (κ1) is 22.4. The molecule has 1 aliphatic heterocycles. The standard InChI is InChI=1S/C23H28N4O4S/c1-16(20-9-8-19-6-4-5-7-21(19)14-20)24-22(28)15-26-10-12-27(13-11-26)32(29,30)23-17(2)25-31-18(23)3/h4-9,14,16H,10-13,15H2,1-3H3,(H,24,28). The molecule has 1 unspecified atom stereocenters. The van der Waals surface area contributed by atoms with Crippen molar-refractivity contribution in [2.24, 2.45) is 0 Å². The van der Waals surface area contributed by atoms with Gasteiger partial charge in [-0.3, -0.25) is 9.69 Å². The lowest BCUT2D eigenvalue weighted by atomic mass is 10.0. The zero-order valence-electron chi connectivity index (χ0n) is 18.5. The van der Waals surface area contributed by atoms with Gasteiger partial charge in [0.15, 0.2) is 5.76 Å². The zero-order chi connectivity index (χ0) is 22.9. The molecule has 9 heteroatoms. The number of amides is 1. The number of carbonyl (C=O) groups excluding carboxylic acids is 1. The molecule has 3 aromatic rings. The van der Waals surface area contributed by atoms with Crippen LogP contribution in [0.2, 0.25) is 0 Å². The minimum absolute atomic E-state index is 0.0762. The Hall–Kier alpha value is -2.75. The van der Waals surface area contributed by atoms with Crippen LogP contribution < -0.4 is 5.32 Å². The lowest BCUT2D eigenvalue weighted by molar-refractivity contribution is -0.123. The second-order valence-corrected chi connectivity index (χ2v) is 10.1. The third kappa shape index (κ3) is 4.55. The number of nitrogens with one attached hydrogen (secondary N) is 1. The van der Waals surface area contributed by atoms with Crippen molar-refractivity contribution < 1.29 is 17.7 Å². The van der Waals surface area contributed by atoms with E-state index in [1.165, 1.54) is 9.69 Å². The summed E-state index contributed by atoms with van der Waals surface area (Å²) in [5.74, 6) is 0.222. The monoisotopic (exact) mass is 456 g/mol. The second kappa shape index (κ2) is 9.01. The molecule has 1 N–H and O–H groups in total. The van der Waals surface area contributed by atoms with E-state index in [0.29, 0.717) is 37.6 Å². The third-order valence-corrected chi connectivity index (χ3v) is 8.06. The molecule has 32 heavy (non-hydrogen) atoms. The molecule has 0 spiro atoms. The van der Waals surface area contributed by atoms with Crippen molar-refractivity contribution in [2.75, 3.05) is 32.7 Å². The van der Waals surface area contributed by atoms with Crippen molar-refractivity contribution >= 4 is 26.7 Å². The second-order valence-electron chi connectivity index (χ2n) is 8.23. The number of rotatable bonds is 6. The number of carbonyl (C=O) groups is 1. The molecular formula is C23H28N4O4S. The van der Waals surface area contributed by atoms with Crippen LogP contribution >= 0.6 is 0 Å². The lowest BCUT2D eigenvalue weighted by Gasteiger charge is -2.33. The summed E-state index contributed by atoms with van der Waals surface area (Å²) in [6.07, 6.45) is 0. The first-order valence-corrected chi connectivity index (χ1v) is 12.1. The van der Waals surface area contributed by atoms with Gasteiger partial charge < -0.3 is 9.84 Å². The summed E-state index contributed by atoms with van der Waals surface area (Å²) in [5, 5.41) is 9.12. The molecular weight excluding hydrogens is 428 g/mol. The smallest absolute Gasteiger partial charge is 0.248 e. The van der Waals surface area contributed by atoms with E-state index in [2.05, 4.69) is 34.7 Å². The third-order valence-electron chi connectivity index (χ3n) is 5.92. The van der Waals surface area contributed by atoms with Gasteiger partial charge in [0.25, 0.3) is 0 Å². The molecule has 0 bridgehead atoms. The fourth-order valence-corrected chi connectivity index (χ4v) is 5.86. The van der Waals surface area contributed by atoms with Crippen molar-refractivity contribution in [1.82, 2.24) is 19.7 Å². The largest absolute Gasteiger partial charge is 0.360 e. The summed E-state index contributed by atoms with van der Waals surface area (Å²) in [4.78, 5) is 14.7. The van der Waals surface area contributed by atoms with Crippen molar-refractivity contribution in [3.63, 3.8) is 0 Å². The van der Waals surface area contributed by atoms with E-state index in [0.717, 1.165) is 10.9 Å². The number of nitrogens with zero attached hydrogens (tertiary/aromatic N) is 3. The van der Waals surface area contributed by atoms with E-state index >= 15 is 0 Å². The number of benzene rings is 2. The first-order valence-electron chi connectivity index (χ1n) is 10.7. The highest BCUT2D eigenvalue weighted by Gasteiger charge is 2.33. The van der Waals surface area contributed by atoms with Gasteiger partial charge in [-0.05, 0) is 43.2 Å². The van der Waals surface area contributed by atoms with Crippen molar-refractivity contribution in [1.29, 1.82) is 0 Å². The van der Waals surface area contributed by atoms with Crippen molar-refractivity contribution in [2.45, 2.75) is 31.7 Å². The van der Waals surface area contributed by atoms with Crippen LogP contribution in [-0.4, -0.2) is 61.4 Å². The molecule has 2 aromatic carbocycles. The topological polar surface area (TPSA) is 95.8 Å². The molecule has 1 aromatic heterocycles. The highest BCUT2D eigenvalue weighted by molar-refractivity contribution is 7.89. The van der Waals surface area contributed by atoms with Crippen LogP contribution in [0.3, 0.4) is 0 Å². The van der Waals surface area contributed by atoms with Gasteiger partial charge in [-0.1, -0.05) is 41.6 Å². The van der Waals surface area contributed by atoms with Crippen LogP contribution in [0.4, 0.5) is 0 Å². The predicted octanol–water partition coefficient (Wildman–Crippen LogP) is 2.63. The van der Waals surface area contributed by atoms with E-state index < -0.39 is 10.0 Å². The molecule has 8 nitrogen and oxygen atoms in total. The molecule has 1 amide bonds. The van der Waals surface area contributed by atoms with Gasteiger partial charge in [-0.2, -0.15) is 4.31 Å². The van der Waals surface area contributed by atoms with E-state index in [-0.39, 0.29) is 23.4 Å². The molecule has 1 atom stereocenters. The van der Waals surface area contributed by atoms with Gasteiger partial charge in [0.05, 0.1) is 12.6 Å². The SMILES string of the molecule is Cc1noc(C)c1S(=O)(=O)N1CCN(CC(=O)NC(C)c2ccc3ccccc3c2)CC1. The molecule has 170 valence electrons. The Morgan fingerprint density at radius 1 is 1.09 bits per heavy atom. The van der Waals surface area contributed by atoms with Crippen LogP contribution in [0.1, 0.15) is 30.0 Å². The molecule has 0 aliphatic carbocycles. The van der Waals surface area contributed by atoms with E-state index in [4.69, 9.17) is 4.52 Å². The summed E-state index contributed by atoms with van der Waals surface area (Å²) < 4.78 is 32.3. The Labute approximate surface area is 188 Å². The maximum absolute atomic E-state index is 12.9.